The van der Waals surface area contributed by atoms with Gasteiger partial charge in [0.15, 0.2) is 0 Å². The second-order valence-corrected chi connectivity index (χ2v) is 7.43. The Morgan fingerprint density at radius 1 is 0.900 bits per heavy atom. The molecule has 4 rings (SSSR count). The standard InChI is InChI=1S/C24H27N3O3/c1-3-27-23(28)21(17-7-13-20(14-8-17)30-4-2)22(24(27)29)25-18-9-11-19(12-10-18)26-15-5-6-16-26/h7-14,25H,3-6,15-16H2,1-2H3. The summed E-state index contributed by atoms with van der Waals surface area (Å²) < 4.78 is 5.49. The summed E-state index contributed by atoms with van der Waals surface area (Å²) in [5.74, 6) is 0.163. The van der Waals surface area contributed by atoms with Gasteiger partial charge in [0.2, 0.25) is 0 Å². The molecule has 0 unspecified atom stereocenters. The largest absolute Gasteiger partial charge is 0.494 e. The van der Waals surface area contributed by atoms with Crippen LogP contribution in [0.25, 0.3) is 5.57 Å². The second-order valence-electron chi connectivity index (χ2n) is 7.43. The molecular weight excluding hydrogens is 378 g/mol. The molecule has 6 heteroatoms. The van der Waals surface area contributed by atoms with Crippen LogP contribution in [-0.4, -0.2) is 43.0 Å². The summed E-state index contributed by atoms with van der Waals surface area (Å²) in [6.45, 7) is 6.79. The second kappa shape index (κ2) is 8.61. The number of hydrogen-bond acceptors (Lipinski definition) is 5. The number of benzene rings is 2. The number of carbonyl (C=O) groups is 2. The van der Waals surface area contributed by atoms with E-state index in [-0.39, 0.29) is 11.8 Å². The predicted molar refractivity (Wildman–Crippen MR) is 118 cm³/mol. The summed E-state index contributed by atoms with van der Waals surface area (Å²) in [5, 5.41) is 3.21. The summed E-state index contributed by atoms with van der Waals surface area (Å²) in [6.07, 6.45) is 2.45. The first kappa shape index (κ1) is 20.0. The lowest BCUT2D eigenvalue weighted by atomic mass is 10.0. The number of ether oxygens (including phenoxy) is 1. The van der Waals surface area contributed by atoms with Gasteiger partial charge < -0.3 is 15.0 Å². The van der Waals surface area contributed by atoms with Crippen LogP contribution in [0.3, 0.4) is 0 Å². The van der Waals surface area contributed by atoms with Gasteiger partial charge in [-0.3, -0.25) is 14.5 Å². The average molecular weight is 405 g/mol. The zero-order valence-electron chi connectivity index (χ0n) is 17.5. The molecule has 6 nitrogen and oxygen atoms in total. The predicted octanol–water partition coefficient (Wildman–Crippen LogP) is 3.90. The maximum absolute atomic E-state index is 13.0. The Morgan fingerprint density at radius 2 is 1.57 bits per heavy atom. The van der Waals surface area contributed by atoms with Crippen molar-refractivity contribution in [1.29, 1.82) is 0 Å². The Kier molecular flexibility index (Phi) is 5.74. The molecule has 1 fully saturated rings. The van der Waals surface area contributed by atoms with E-state index in [1.807, 2.05) is 43.3 Å². The molecule has 156 valence electrons. The lowest BCUT2D eigenvalue weighted by Gasteiger charge is -2.18. The third-order valence-electron chi connectivity index (χ3n) is 5.55. The molecule has 2 aliphatic rings. The fourth-order valence-electron chi connectivity index (χ4n) is 4.01. The first-order valence-corrected chi connectivity index (χ1v) is 10.6. The van der Waals surface area contributed by atoms with Gasteiger partial charge in [-0.1, -0.05) is 12.1 Å². The van der Waals surface area contributed by atoms with E-state index in [9.17, 15) is 9.59 Å². The van der Waals surface area contributed by atoms with Crippen LogP contribution in [0.15, 0.2) is 54.2 Å². The maximum Gasteiger partial charge on any atom is 0.278 e. The molecule has 30 heavy (non-hydrogen) atoms. The first-order chi connectivity index (χ1) is 14.6. The molecule has 2 aromatic rings. The lowest BCUT2D eigenvalue weighted by molar-refractivity contribution is -0.136. The molecule has 2 aromatic carbocycles. The van der Waals surface area contributed by atoms with Crippen molar-refractivity contribution in [1.82, 2.24) is 4.90 Å². The fourth-order valence-corrected chi connectivity index (χ4v) is 4.01. The summed E-state index contributed by atoms with van der Waals surface area (Å²) in [4.78, 5) is 29.5. The molecule has 2 amide bonds. The van der Waals surface area contributed by atoms with Crippen molar-refractivity contribution in [2.24, 2.45) is 0 Å². The quantitative estimate of drug-likeness (QED) is 0.708. The van der Waals surface area contributed by atoms with Gasteiger partial charge in [-0.2, -0.15) is 0 Å². The number of likely N-dealkylation sites (N-methyl/N-ethyl adjacent to an activating group) is 1. The maximum atomic E-state index is 13.0. The van der Waals surface area contributed by atoms with Gasteiger partial charge >= 0.3 is 0 Å². The van der Waals surface area contributed by atoms with E-state index in [2.05, 4.69) is 22.3 Å². The van der Waals surface area contributed by atoms with Gasteiger partial charge in [-0.25, -0.2) is 0 Å². The highest BCUT2D eigenvalue weighted by atomic mass is 16.5. The van der Waals surface area contributed by atoms with E-state index in [1.165, 1.54) is 23.4 Å². The topological polar surface area (TPSA) is 61.9 Å². The van der Waals surface area contributed by atoms with Crippen molar-refractivity contribution in [2.75, 3.05) is 36.5 Å². The number of nitrogens with one attached hydrogen (secondary N) is 1. The summed E-state index contributed by atoms with van der Waals surface area (Å²) in [7, 11) is 0. The molecule has 0 radical (unpaired) electrons. The highest BCUT2D eigenvalue weighted by Gasteiger charge is 2.38. The van der Waals surface area contributed by atoms with Crippen LogP contribution in [0.1, 0.15) is 32.3 Å². The number of hydrogen-bond donors (Lipinski definition) is 1. The van der Waals surface area contributed by atoms with Crippen LogP contribution in [0.2, 0.25) is 0 Å². The van der Waals surface area contributed by atoms with Gasteiger partial charge in [0.25, 0.3) is 11.8 Å². The van der Waals surface area contributed by atoms with Crippen molar-refractivity contribution < 1.29 is 14.3 Å². The molecule has 0 saturated carbocycles. The van der Waals surface area contributed by atoms with E-state index < -0.39 is 0 Å². The van der Waals surface area contributed by atoms with Crippen LogP contribution in [0.5, 0.6) is 5.75 Å². The molecule has 1 saturated heterocycles. The van der Waals surface area contributed by atoms with E-state index >= 15 is 0 Å². The van der Waals surface area contributed by atoms with Crippen molar-refractivity contribution in [3.63, 3.8) is 0 Å². The Hall–Kier alpha value is -3.28. The molecule has 0 bridgehead atoms. The number of rotatable bonds is 7. The molecule has 0 atom stereocenters. The van der Waals surface area contributed by atoms with E-state index in [4.69, 9.17) is 4.74 Å². The van der Waals surface area contributed by atoms with Crippen molar-refractivity contribution in [3.05, 3.63) is 59.8 Å². The summed E-state index contributed by atoms with van der Waals surface area (Å²) >= 11 is 0. The SMILES string of the molecule is CCOc1ccc(C2=C(Nc3ccc(N4CCCC4)cc3)C(=O)N(CC)C2=O)cc1. The average Bonchev–Trinajstić information content (AvgIpc) is 3.37. The minimum Gasteiger partial charge on any atom is -0.494 e. The zero-order valence-corrected chi connectivity index (χ0v) is 17.5. The molecule has 1 N–H and O–H groups in total. The van der Waals surface area contributed by atoms with Gasteiger partial charge in [0, 0.05) is 31.0 Å². The smallest absolute Gasteiger partial charge is 0.278 e. The number of imide groups is 1. The molecule has 2 aliphatic heterocycles. The van der Waals surface area contributed by atoms with E-state index in [0.717, 1.165) is 24.5 Å². The van der Waals surface area contributed by atoms with E-state index in [0.29, 0.717) is 30.0 Å². The third kappa shape index (κ3) is 3.77. The van der Waals surface area contributed by atoms with Gasteiger partial charge in [0.1, 0.15) is 11.4 Å². The first-order valence-electron chi connectivity index (χ1n) is 10.6. The number of anilines is 2. The van der Waals surface area contributed by atoms with Gasteiger partial charge in [-0.15, -0.1) is 0 Å². The molecule has 0 aromatic heterocycles. The van der Waals surface area contributed by atoms with Gasteiger partial charge in [-0.05, 0) is 68.7 Å². The molecule has 0 aliphatic carbocycles. The summed E-state index contributed by atoms with van der Waals surface area (Å²) in [5.41, 5.74) is 3.38. The van der Waals surface area contributed by atoms with Crippen molar-refractivity contribution in [3.8, 4) is 5.75 Å². The Balaban J connectivity index is 1.64. The van der Waals surface area contributed by atoms with Crippen LogP contribution in [-0.2, 0) is 9.59 Å². The number of carbonyl (C=O) groups excluding carboxylic acids is 2. The minimum absolute atomic E-state index is 0.275. The number of nitrogens with zero attached hydrogens (tertiary/aromatic N) is 2. The highest BCUT2D eigenvalue weighted by Crippen LogP contribution is 2.32. The van der Waals surface area contributed by atoms with Crippen LogP contribution < -0.4 is 15.0 Å². The molecule has 0 spiro atoms. The summed E-state index contributed by atoms with van der Waals surface area (Å²) in [6, 6.07) is 15.3. The van der Waals surface area contributed by atoms with Crippen LogP contribution in [0, 0.1) is 0 Å². The lowest BCUT2D eigenvalue weighted by Crippen LogP contribution is -2.32. The van der Waals surface area contributed by atoms with Gasteiger partial charge in [0.05, 0.1) is 12.2 Å². The monoisotopic (exact) mass is 405 g/mol. The van der Waals surface area contributed by atoms with Crippen molar-refractivity contribution in [2.45, 2.75) is 26.7 Å². The number of amides is 2. The van der Waals surface area contributed by atoms with Crippen molar-refractivity contribution >= 4 is 28.8 Å². The molecule has 2 heterocycles. The Bertz CT molecular complexity index is 958. The highest BCUT2D eigenvalue weighted by molar-refractivity contribution is 6.36. The normalized spacial score (nSPS) is 16.6. The Labute approximate surface area is 177 Å². The van der Waals surface area contributed by atoms with Crippen LogP contribution in [0.4, 0.5) is 11.4 Å². The third-order valence-corrected chi connectivity index (χ3v) is 5.55. The Morgan fingerprint density at radius 3 is 2.17 bits per heavy atom. The zero-order chi connectivity index (χ0) is 21.1. The minimum atomic E-state index is -0.296. The molecular formula is C24H27N3O3. The van der Waals surface area contributed by atoms with Crippen LogP contribution >= 0.6 is 0 Å². The fraction of sp³-hybridized carbons (Fsp3) is 0.333. The van der Waals surface area contributed by atoms with E-state index in [1.54, 1.807) is 6.92 Å².